The monoisotopic (exact) mass is 338 g/mol. The number of ether oxygens (including phenoxy) is 3. The van der Waals surface area contributed by atoms with E-state index in [4.69, 9.17) is 14.2 Å². The van der Waals surface area contributed by atoms with E-state index >= 15 is 0 Å². The summed E-state index contributed by atoms with van der Waals surface area (Å²) in [7, 11) is 0. The van der Waals surface area contributed by atoms with Gasteiger partial charge in [0, 0.05) is 0 Å². The molecule has 6 heteroatoms. The van der Waals surface area contributed by atoms with Crippen molar-refractivity contribution in [1.29, 1.82) is 0 Å². The molecule has 0 amide bonds. The van der Waals surface area contributed by atoms with Gasteiger partial charge in [0.1, 0.15) is 25.6 Å². The van der Waals surface area contributed by atoms with Gasteiger partial charge in [0.2, 0.25) is 0 Å². The van der Waals surface area contributed by atoms with Crippen molar-refractivity contribution in [3.63, 3.8) is 0 Å². The van der Waals surface area contributed by atoms with Crippen LogP contribution in [-0.4, -0.2) is 35.3 Å². The van der Waals surface area contributed by atoms with Crippen molar-refractivity contribution < 1.29 is 19.0 Å². The van der Waals surface area contributed by atoms with Crippen LogP contribution in [0.15, 0.2) is 42.5 Å². The molecule has 1 aliphatic heterocycles. The maximum atomic E-state index is 12.3. The molecule has 0 atom stereocenters. The molecule has 1 aliphatic rings. The van der Waals surface area contributed by atoms with Gasteiger partial charge in [-0.3, -0.25) is 0 Å². The number of benzene rings is 2. The average molecular weight is 338 g/mol. The van der Waals surface area contributed by atoms with Gasteiger partial charge in [-0.05, 0) is 37.3 Å². The van der Waals surface area contributed by atoms with Crippen LogP contribution in [-0.2, 0) is 11.3 Å². The molecule has 0 aliphatic carbocycles. The summed E-state index contributed by atoms with van der Waals surface area (Å²) in [5, 5.41) is 0. The molecule has 0 N–H and O–H groups in total. The van der Waals surface area contributed by atoms with E-state index in [0.717, 1.165) is 16.9 Å². The molecular formula is C19H18N2O4. The summed E-state index contributed by atoms with van der Waals surface area (Å²) in [6, 6.07) is 13.0. The van der Waals surface area contributed by atoms with Crippen LogP contribution in [0.5, 0.6) is 11.5 Å². The van der Waals surface area contributed by atoms with Crippen LogP contribution in [0.2, 0.25) is 0 Å². The maximum Gasteiger partial charge on any atom is 0.338 e. The van der Waals surface area contributed by atoms with Crippen LogP contribution in [0, 0.1) is 6.92 Å². The maximum absolute atomic E-state index is 12.3. The number of carbonyl (C=O) groups excluding carboxylic acids is 1. The Labute approximate surface area is 144 Å². The van der Waals surface area contributed by atoms with E-state index in [-0.39, 0.29) is 12.6 Å². The normalized spacial score (nSPS) is 13.0. The molecule has 0 saturated heterocycles. The van der Waals surface area contributed by atoms with Crippen molar-refractivity contribution in [2.45, 2.75) is 13.5 Å². The van der Waals surface area contributed by atoms with Crippen LogP contribution in [0.25, 0.3) is 11.0 Å². The lowest BCUT2D eigenvalue weighted by atomic mass is 10.2. The van der Waals surface area contributed by atoms with E-state index in [9.17, 15) is 4.79 Å². The molecule has 0 unspecified atom stereocenters. The summed E-state index contributed by atoms with van der Waals surface area (Å²) in [6.07, 6.45) is 0. The zero-order valence-electron chi connectivity index (χ0n) is 13.9. The molecule has 128 valence electrons. The second kappa shape index (κ2) is 6.47. The van der Waals surface area contributed by atoms with Gasteiger partial charge in [-0.1, -0.05) is 12.1 Å². The lowest BCUT2D eigenvalue weighted by Gasteiger charge is -2.18. The summed E-state index contributed by atoms with van der Waals surface area (Å²) < 4.78 is 18.4. The molecule has 0 bridgehead atoms. The van der Waals surface area contributed by atoms with Gasteiger partial charge in [0.25, 0.3) is 0 Å². The van der Waals surface area contributed by atoms with Crippen molar-refractivity contribution in [1.82, 2.24) is 9.55 Å². The summed E-state index contributed by atoms with van der Waals surface area (Å²) in [6.45, 7) is 3.78. The molecule has 25 heavy (non-hydrogen) atoms. The first kappa shape index (κ1) is 15.5. The number of aryl methyl sites for hydroxylation is 1. The topological polar surface area (TPSA) is 62.6 Å². The fourth-order valence-electron chi connectivity index (χ4n) is 2.96. The minimum atomic E-state index is -0.376. The van der Waals surface area contributed by atoms with Crippen LogP contribution >= 0.6 is 0 Å². The van der Waals surface area contributed by atoms with Gasteiger partial charge in [-0.2, -0.15) is 0 Å². The zero-order valence-corrected chi connectivity index (χ0v) is 13.9. The molecule has 4 rings (SSSR count). The number of nitrogens with zero attached hydrogens (tertiary/aromatic N) is 2. The minimum Gasteiger partial charge on any atom is -0.486 e. The van der Waals surface area contributed by atoms with Gasteiger partial charge in [-0.25, -0.2) is 9.78 Å². The first-order valence-electron chi connectivity index (χ1n) is 8.21. The number of imidazole rings is 1. The van der Waals surface area contributed by atoms with E-state index in [2.05, 4.69) is 4.98 Å². The molecule has 0 radical (unpaired) electrons. The molecule has 1 aromatic heterocycles. The largest absolute Gasteiger partial charge is 0.486 e. The van der Waals surface area contributed by atoms with E-state index in [1.807, 2.05) is 35.8 Å². The summed E-state index contributed by atoms with van der Waals surface area (Å²) in [4.78, 5) is 16.8. The lowest BCUT2D eigenvalue weighted by molar-refractivity contribution is 0.0490. The zero-order chi connectivity index (χ0) is 17.2. The van der Waals surface area contributed by atoms with Crippen molar-refractivity contribution in [2.24, 2.45) is 0 Å². The third kappa shape index (κ3) is 3.03. The highest BCUT2D eigenvalue weighted by Gasteiger charge is 2.16. The highest BCUT2D eigenvalue weighted by atomic mass is 16.6. The molecule has 2 heterocycles. The first-order chi connectivity index (χ1) is 12.2. The van der Waals surface area contributed by atoms with Gasteiger partial charge in [-0.15, -0.1) is 0 Å². The highest BCUT2D eigenvalue weighted by Crippen LogP contribution is 2.30. The average Bonchev–Trinajstić information content (AvgIpc) is 2.96. The Hall–Kier alpha value is -3.02. The second-order valence-corrected chi connectivity index (χ2v) is 5.79. The summed E-state index contributed by atoms with van der Waals surface area (Å²) in [5.74, 6) is 1.76. The Morgan fingerprint density at radius 3 is 2.84 bits per heavy atom. The van der Waals surface area contributed by atoms with E-state index < -0.39 is 0 Å². The third-order valence-electron chi connectivity index (χ3n) is 4.17. The van der Waals surface area contributed by atoms with E-state index in [1.165, 1.54) is 0 Å². The standard InChI is InChI=1S/C19H18N2O4/c1-13-20-15-4-2-3-5-16(15)21(13)8-9-25-19(22)14-6-7-17-18(12-14)24-11-10-23-17/h2-7,12H,8-11H2,1H3. The molecule has 3 aromatic rings. The van der Waals surface area contributed by atoms with Crippen LogP contribution in [0.3, 0.4) is 0 Å². The Bertz CT molecular complexity index is 932. The Kier molecular flexibility index (Phi) is 4.01. The molecule has 0 fully saturated rings. The van der Waals surface area contributed by atoms with E-state index in [1.54, 1.807) is 18.2 Å². The Morgan fingerprint density at radius 1 is 1.16 bits per heavy atom. The quantitative estimate of drug-likeness (QED) is 0.685. The molecule has 0 saturated carbocycles. The smallest absolute Gasteiger partial charge is 0.338 e. The van der Waals surface area contributed by atoms with Crippen LogP contribution in [0.4, 0.5) is 0 Å². The number of hydrogen-bond donors (Lipinski definition) is 0. The SMILES string of the molecule is Cc1nc2ccccc2n1CCOC(=O)c1ccc2c(c1)OCCO2. The number of aromatic nitrogens is 2. The number of carbonyl (C=O) groups is 1. The molecule has 2 aromatic carbocycles. The number of esters is 1. The minimum absolute atomic E-state index is 0.272. The Morgan fingerprint density at radius 2 is 1.96 bits per heavy atom. The number of fused-ring (bicyclic) bond motifs is 2. The fraction of sp³-hybridized carbons (Fsp3) is 0.263. The van der Waals surface area contributed by atoms with Gasteiger partial charge in [0.05, 0.1) is 23.1 Å². The first-order valence-corrected chi connectivity index (χ1v) is 8.21. The molecule has 0 spiro atoms. The predicted molar refractivity (Wildman–Crippen MR) is 92.2 cm³/mol. The van der Waals surface area contributed by atoms with Crippen molar-refractivity contribution in [2.75, 3.05) is 19.8 Å². The number of rotatable bonds is 4. The Balaban J connectivity index is 1.43. The third-order valence-corrected chi connectivity index (χ3v) is 4.17. The van der Waals surface area contributed by atoms with Crippen molar-refractivity contribution in [3.8, 4) is 11.5 Å². The van der Waals surface area contributed by atoms with Gasteiger partial charge in [0.15, 0.2) is 11.5 Å². The predicted octanol–water partition coefficient (Wildman–Crippen LogP) is 2.97. The number of para-hydroxylation sites is 2. The van der Waals surface area contributed by atoms with Crippen molar-refractivity contribution >= 4 is 17.0 Å². The van der Waals surface area contributed by atoms with Crippen LogP contribution in [0.1, 0.15) is 16.2 Å². The second-order valence-electron chi connectivity index (χ2n) is 5.79. The molecular weight excluding hydrogens is 320 g/mol. The van der Waals surface area contributed by atoms with Gasteiger partial charge >= 0.3 is 5.97 Å². The van der Waals surface area contributed by atoms with Crippen molar-refractivity contribution in [3.05, 3.63) is 53.9 Å². The van der Waals surface area contributed by atoms with E-state index in [0.29, 0.717) is 36.8 Å². The highest BCUT2D eigenvalue weighted by molar-refractivity contribution is 5.90. The van der Waals surface area contributed by atoms with Crippen LogP contribution < -0.4 is 9.47 Å². The summed E-state index contributed by atoms with van der Waals surface area (Å²) in [5.41, 5.74) is 2.44. The molecule has 6 nitrogen and oxygen atoms in total. The number of hydrogen-bond acceptors (Lipinski definition) is 5. The van der Waals surface area contributed by atoms with Gasteiger partial charge < -0.3 is 18.8 Å². The lowest BCUT2D eigenvalue weighted by Crippen LogP contribution is -2.16. The fourth-order valence-corrected chi connectivity index (χ4v) is 2.96. The summed E-state index contributed by atoms with van der Waals surface area (Å²) >= 11 is 0.